The maximum Gasteiger partial charge on any atom is 0.0570 e. The largest absolute Gasteiger partial charge is 0.306 e. The van der Waals surface area contributed by atoms with E-state index in [0.717, 1.165) is 12.2 Å². The van der Waals surface area contributed by atoms with Crippen molar-refractivity contribution in [2.24, 2.45) is 0 Å². The van der Waals surface area contributed by atoms with E-state index in [0.29, 0.717) is 12.1 Å². The molecule has 1 aliphatic heterocycles. The number of allylic oxidation sites excluding steroid dienone is 1. The summed E-state index contributed by atoms with van der Waals surface area (Å²) in [5.74, 6) is 0. The number of nitrogens with zero attached hydrogens (tertiary/aromatic N) is 2. The summed E-state index contributed by atoms with van der Waals surface area (Å²) >= 11 is 0. The van der Waals surface area contributed by atoms with Gasteiger partial charge in [-0.15, -0.1) is 0 Å². The summed E-state index contributed by atoms with van der Waals surface area (Å²) in [6.07, 6.45) is 6.65. The first-order valence-electron chi connectivity index (χ1n) is 7.68. The van der Waals surface area contributed by atoms with Crippen molar-refractivity contribution in [3.8, 4) is 0 Å². The molecule has 1 aromatic heterocycles. The third kappa shape index (κ3) is 4.73. The van der Waals surface area contributed by atoms with Crippen LogP contribution in [0.3, 0.4) is 0 Å². The molecule has 1 saturated heterocycles. The van der Waals surface area contributed by atoms with Crippen molar-refractivity contribution in [3.63, 3.8) is 0 Å². The van der Waals surface area contributed by atoms with E-state index in [2.05, 4.69) is 54.2 Å². The van der Waals surface area contributed by atoms with Crippen LogP contribution in [0.4, 0.5) is 0 Å². The molecule has 0 radical (unpaired) electrons. The average Bonchev–Trinajstić information content (AvgIpc) is 2.47. The summed E-state index contributed by atoms with van der Waals surface area (Å²) in [6.45, 7) is 10.0. The summed E-state index contributed by atoms with van der Waals surface area (Å²) in [6, 6.07) is 7.09. The molecule has 2 heterocycles. The standard InChI is InChI=1S/C17H27N3/c1-14(2)7-11-20-12-8-16(9-13-20)19-15(3)17-6-4-5-10-18-17/h4-7,10,15-16,19H,8-9,11-13H2,1-3H3/t15-/m1/s1. The van der Waals surface area contributed by atoms with Gasteiger partial charge < -0.3 is 5.32 Å². The predicted octanol–water partition coefficient (Wildman–Crippen LogP) is 3.16. The number of pyridine rings is 1. The molecule has 20 heavy (non-hydrogen) atoms. The molecule has 1 atom stereocenters. The molecule has 1 aromatic rings. The average molecular weight is 273 g/mol. The highest BCUT2D eigenvalue weighted by atomic mass is 15.1. The number of hydrogen-bond acceptors (Lipinski definition) is 3. The Kier molecular flexibility index (Phi) is 5.74. The third-order valence-electron chi connectivity index (χ3n) is 3.96. The van der Waals surface area contributed by atoms with E-state index >= 15 is 0 Å². The zero-order chi connectivity index (χ0) is 14.4. The number of hydrogen-bond donors (Lipinski definition) is 1. The summed E-state index contributed by atoms with van der Waals surface area (Å²) in [4.78, 5) is 6.97. The third-order valence-corrected chi connectivity index (χ3v) is 3.96. The number of rotatable bonds is 5. The van der Waals surface area contributed by atoms with E-state index < -0.39 is 0 Å². The van der Waals surface area contributed by atoms with E-state index in [1.807, 2.05) is 12.3 Å². The maximum atomic E-state index is 4.43. The lowest BCUT2D eigenvalue weighted by atomic mass is 10.0. The first-order valence-corrected chi connectivity index (χ1v) is 7.68. The Morgan fingerprint density at radius 1 is 1.40 bits per heavy atom. The van der Waals surface area contributed by atoms with Crippen LogP contribution < -0.4 is 5.32 Å². The minimum absolute atomic E-state index is 0.338. The van der Waals surface area contributed by atoms with E-state index in [4.69, 9.17) is 0 Å². The molecule has 2 rings (SSSR count). The van der Waals surface area contributed by atoms with Gasteiger partial charge in [-0.1, -0.05) is 17.7 Å². The lowest BCUT2D eigenvalue weighted by Gasteiger charge is -2.33. The van der Waals surface area contributed by atoms with Crippen LogP contribution in [0.5, 0.6) is 0 Å². The van der Waals surface area contributed by atoms with Gasteiger partial charge in [-0.2, -0.15) is 0 Å². The minimum Gasteiger partial charge on any atom is -0.306 e. The van der Waals surface area contributed by atoms with Crippen LogP contribution in [0.25, 0.3) is 0 Å². The Hall–Kier alpha value is -1.19. The van der Waals surface area contributed by atoms with E-state index in [1.54, 1.807) is 0 Å². The molecule has 1 aliphatic rings. The lowest BCUT2D eigenvalue weighted by Crippen LogP contribution is -2.43. The van der Waals surface area contributed by atoms with Gasteiger partial charge in [-0.25, -0.2) is 0 Å². The normalized spacial score (nSPS) is 18.8. The van der Waals surface area contributed by atoms with E-state index in [9.17, 15) is 0 Å². The van der Waals surface area contributed by atoms with Crippen molar-refractivity contribution in [1.82, 2.24) is 15.2 Å². The van der Waals surface area contributed by atoms with Crippen LogP contribution in [-0.2, 0) is 0 Å². The van der Waals surface area contributed by atoms with Gasteiger partial charge in [-0.3, -0.25) is 9.88 Å². The summed E-state index contributed by atoms with van der Waals surface area (Å²) < 4.78 is 0. The molecule has 3 nitrogen and oxygen atoms in total. The molecular weight excluding hydrogens is 246 g/mol. The van der Waals surface area contributed by atoms with Gasteiger partial charge in [0.15, 0.2) is 0 Å². The van der Waals surface area contributed by atoms with Gasteiger partial charge in [-0.05, 0) is 58.8 Å². The monoisotopic (exact) mass is 273 g/mol. The summed E-state index contributed by atoms with van der Waals surface area (Å²) in [5.41, 5.74) is 2.55. The van der Waals surface area contributed by atoms with E-state index in [-0.39, 0.29) is 0 Å². The first-order chi connectivity index (χ1) is 9.65. The maximum absolute atomic E-state index is 4.43. The molecule has 3 heteroatoms. The number of likely N-dealkylation sites (tertiary alicyclic amines) is 1. The molecule has 0 saturated carbocycles. The Morgan fingerprint density at radius 2 is 2.15 bits per heavy atom. The molecular formula is C17H27N3. The fourth-order valence-corrected chi connectivity index (χ4v) is 2.66. The fraction of sp³-hybridized carbons (Fsp3) is 0.588. The van der Waals surface area contributed by atoms with Gasteiger partial charge in [0.1, 0.15) is 0 Å². The van der Waals surface area contributed by atoms with Crippen molar-refractivity contribution in [2.75, 3.05) is 19.6 Å². The number of piperidine rings is 1. The number of aromatic nitrogens is 1. The zero-order valence-corrected chi connectivity index (χ0v) is 13.0. The predicted molar refractivity (Wildman–Crippen MR) is 84.7 cm³/mol. The fourth-order valence-electron chi connectivity index (χ4n) is 2.66. The Labute approximate surface area is 123 Å². The first kappa shape index (κ1) is 15.2. The van der Waals surface area contributed by atoms with Crippen molar-refractivity contribution in [2.45, 2.75) is 45.7 Å². The second-order valence-corrected chi connectivity index (χ2v) is 6.00. The van der Waals surface area contributed by atoms with Crippen molar-refractivity contribution >= 4 is 0 Å². The van der Waals surface area contributed by atoms with Crippen LogP contribution in [0.2, 0.25) is 0 Å². The smallest absolute Gasteiger partial charge is 0.0570 e. The van der Waals surface area contributed by atoms with E-state index in [1.165, 1.54) is 31.5 Å². The molecule has 0 bridgehead atoms. The summed E-state index contributed by atoms with van der Waals surface area (Å²) in [5, 5.41) is 3.72. The Bertz CT molecular complexity index is 415. The molecule has 0 unspecified atom stereocenters. The molecule has 110 valence electrons. The number of nitrogens with one attached hydrogen (secondary N) is 1. The molecule has 1 N–H and O–H groups in total. The highest BCUT2D eigenvalue weighted by Gasteiger charge is 2.20. The molecule has 0 aliphatic carbocycles. The topological polar surface area (TPSA) is 28.2 Å². The van der Waals surface area contributed by atoms with Crippen molar-refractivity contribution < 1.29 is 0 Å². The highest BCUT2D eigenvalue weighted by molar-refractivity contribution is 5.08. The quantitative estimate of drug-likeness (QED) is 0.835. The van der Waals surface area contributed by atoms with Gasteiger partial charge in [0.2, 0.25) is 0 Å². The Balaban J connectivity index is 1.76. The minimum atomic E-state index is 0.338. The van der Waals surface area contributed by atoms with Gasteiger partial charge in [0.05, 0.1) is 5.69 Å². The molecule has 0 aromatic carbocycles. The van der Waals surface area contributed by atoms with Gasteiger partial charge >= 0.3 is 0 Å². The SMILES string of the molecule is CC(C)=CCN1CCC(N[C@H](C)c2ccccn2)CC1. The molecule has 0 spiro atoms. The van der Waals surface area contributed by atoms with Crippen LogP contribution in [0.15, 0.2) is 36.0 Å². The lowest BCUT2D eigenvalue weighted by molar-refractivity contribution is 0.208. The summed E-state index contributed by atoms with van der Waals surface area (Å²) in [7, 11) is 0. The second kappa shape index (κ2) is 7.55. The second-order valence-electron chi connectivity index (χ2n) is 6.00. The van der Waals surface area contributed by atoms with Crippen molar-refractivity contribution in [3.05, 3.63) is 41.7 Å². The zero-order valence-electron chi connectivity index (χ0n) is 13.0. The highest BCUT2D eigenvalue weighted by Crippen LogP contribution is 2.16. The molecule has 1 fully saturated rings. The van der Waals surface area contributed by atoms with Crippen LogP contribution in [-0.4, -0.2) is 35.6 Å². The van der Waals surface area contributed by atoms with Crippen LogP contribution in [0.1, 0.15) is 45.3 Å². The van der Waals surface area contributed by atoms with Crippen molar-refractivity contribution in [1.29, 1.82) is 0 Å². The Morgan fingerprint density at radius 3 is 2.75 bits per heavy atom. The van der Waals surface area contributed by atoms with Gasteiger partial charge in [0.25, 0.3) is 0 Å². The van der Waals surface area contributed by atoms with Crippen LogP contribution >= 0.6 is 0 Å². The van der Waals surface area contributed by atoms with Crippen LogP contribution in [0, 0.1) is 0 Å². The van der Waals surface area contributed by atoms with Gasteiger partial charge in [0, 0.05) is 24.8 Å². The molecule has 0 amide bonds.